The fraction of sp³-hybridized carbons (Fsp3) is 1.00. The van der Waals surface area contributed by atoms with Crippen molar-refractivity contribution in [2.45, 2.75) is 39.7 Å². The molecule has 1 unspecified atom stereocenters. The Morgan fingerprint density at radius 1 is 1.42 bits per heavy atom. The largest absolute Gasteiger partial charge is 0.393 e. The van der Waals surface area contributed by atoms with E-state index >= 15 is 0 Å². The Labute approximate surface area is 75.6 Å². The van der Waals surface area contributed by atoms with Gasteiger partial charge in [-0.15, -0.1) is 0 Å². The van der Waals surface area contributed by atoms with Crippen molar-refractivity contribution in [3.63, 3.8) is 0 Å². The van der Waals surface area contributed by atoms with Crippen LogP contribution >= 0.6 is 0 Å². The predicted octanol–water partition coefficient (Wildman–Crippen LogP) is 1.49. The first-order valence-corrected chi connectivity index (χ1v) is 4.94. The van der Waals surface area contributed by atoms with E-state index in [0.29, 0.717) is 5.41 Å². The molecule has 1 saturated heterocycles. The third kappa shape index (κ3) is 2.76. The van der Waals surface area contributed by atoms with Gasteiger partial charge in [0, 0.05) is 19.6 Å². The van der Waals surface area contributed by atoms with Gasteiger partial charge >= 0.3 is 0 Å². The van der Waals surface area contributed by atoms with Gasteiger partial charge in [-0.05, 0) is 18.3 Å². The minimum atomic E-state index is -0.0892. The van der Waals surface area contributed by atoms with Crippen LogP contribution in [0.25, 0.3) is 0 Å². The first-order chi connectivity index (χ1) is 5.53. The quantitative estimate of drug-likeness (QED) is 0.692. The average Bonchev–Trinajstić information content (AvgIpc) is 1.96. The van der Waals surface area contributed by atoms with Gasteiger partial charge in [0.05, 0.1) is 6.10 Å². The molecule has 0 aromatic heterocycles. The number of aliphatic hydroxyl groups excluding tert-OH is 1. The Bertz CT molecular complexity index is 137. The van der Waals surface area contributed by atoms with Crippen molar-refractivity contribution < 1.29 is 5.11 Å². The molecule has 1 rings (SSSR count). The van der Waals surface area contributed by atoms with Crippen LogP contribution in [0, 0.1) is 5.41 Å². The van der Waals surface area contributed by atoms with Gasteiger partial charge in [0.25, 0.3) is 0 Å². The predicted molar refractivity (Wildman–Crippen MR) is 51.1 cm³/mol. The van der Waals surface area contributed by atoms with Gasteiger partial charge in [0.1, 0.15) is 0 Å². The monoisotopic (exact) mass is 171 g/mol. The fourth-order valence-corrected chi connectivity index (χ4v) is 1.86. The molecule has 2 heteroatoms. The van der Waals surface area contributed by atoms with Crippen molar-refractivity contribution in [2.24, 2.45) is 5.41 Å². The second-order valence-electron chi connectivity index (χ2n) is 4.73. The summed E-state index contributed by atoms with van der Waals surface area (Å²) in [5.74, 6) is 0. The topological polar surface area (TPSA) is 23.5 Å². The molecule has 0 aromatic rings. The smallest absolute Gasteiger partial charge is 0.0549 e. The van der Waals surface area contributed by atoms with Crippen molar-refractivity contribution in [2.75, 3.05) is 19.6 Å². The van der Waals surface area contributed by atoms with Gasteiger partial charge < -0.3 is 10.0 Å². The van der Waals surface area contributed by atoms with E-state index in [2.05, 4.69) is 18.7 Å². The van der Waals surface area contributed by atoms with E-state index in [1.807, 2.05) is 6.92 Å². The molecule has 1 aliphatic rings. The maximum absolute atomic E-state index is 9.33. The summed E-state index contributed by atoms with van der Waals surface area (Å²) in [6, 6.07) is 0. The Balaban J connectivity index is 2.04. The molecular weight excluding hydrogens is 150 g/mol. The third-order valence-corrected chi connectivity index (χ3v) is 2.55. The van der Waals surface area contributed by atoms with Crippen molar-refractivity contribution in [1.82, 2.24) is 4.90 Å². The zero-order valence-corrected chi connectivity index (χ0v) is 8.51. The standard InChI is InChI=1S/C10H21NO/c1-4-9(12)5-6-11-7-10(2,3)8-11/h9,12H,4-8H2,1-3H3. The van der Waals surface area contributed by atoms with E-state index in [-0.39, 0.29) is 6.10 Å². The van der Waals surface area contributed by atoms with E-state index in [4.69, 9.17) is 0 Å². The Kier molecular flexibility index (Phi) is 3.13. The van der Waals surface area contributed by atoms with Crippen LogP contribution in [-0.4, -0.2) is 35.7 Å². The van der Waals surface area contributed by atoms with Crippen LogP contribution < -0.4 is 0 Å². The van der Waals surface area contributed by atoms with Gasteiger partial charge in [-0.3, -0.25) is 0 Å². The summed E-state index contributed by atoms with van der Waals surface area (Å²) in [5, 5.41) is 9.33. The highest BCUT2D eigenvalue weighted by atomic mass is 16.3. The Morgan fingerprint density at radius 3 is 2.42 bits per heavy atom. The molecule has 0 amide bonds. The van der Waals surface area contributed by atoms with Gasteiger partial charge in [-0.25, -0.2) is 0 Å². The van der Waals surface area contributed by atoms with Gasteiger partial charge in [0.2, 0.25) is 0 Å². The lowest BCUT2D eigenvalue weighted by atomic mass is 9.84. The second-order valence-corrected chi connectivity index (χ2v) is 4.73. The van der Waals surface area contributed by atoms with Gasteiger partial charge in [0.15, 0.2) is 0 Å². The highest BCUT2D eigenvalue weighted by Crippen LogP contribution is 2.28. The maximum atomic E-state index is 9.33. The minimum Gasteiger partial charge on any atom is -0.393 e. The summed E-state index contributed by atoms with van der Waals surface area (Å²) >= 11 is 0. The highest BCUT2D eigenvalue weighted by Gasteiger charge is 2.33. The molecule has 0 aromatic carbocycles. The first kappa shape index (κ1) is 10.0. The summed E-state index contributed by atoms with van der Waals surface area (Å²) in [6.07, 6.45) is 1.73. The van der Waals surface area contributed by atoms with Crippen LogP contribution in [0.2, 0.25) is 0 Å². The van der Waals surface area contributed by atoms with Crippen molar-refractivity contribution >= 4 is 0 Å². The molecule has 2 nitrogen and oxygen atoms in total. The molecule has 1 heterocycles. The summed E-state index contributed by atoms with van der Waals surface area (Å²) in [5.41, 5.74) is 0.525. The Hall–Kier alpha value is -0.0800. The van der Waals surface area contributed by atoms with E-state index in [1.54, 1.807) is 0 Å². The highest BCUT2D eigenvalue weighted by molar-refractivity contribution is 4.87. The lowest BCUT2D eigenvalue weighted by Crippen LogP contribution is -2.53. The molecule has 1 atom stereocenters. The Morgan fingerprint density at radius 2 is 2.00 bits per heavy atom. The number of likely N-dealkylation sites (tertiary alicyclic amines) is 1. The molecule has 72 valence electrons. The van der Waals surface area contributed by atoms with Crippen molar-refractivity contribution in [3.8, 4) is 0 Å². The van der Waals surface area contributed by atoms with Crippen LogP contribution in [0.15, 0.2) is 0 Å². The number of rotatable bonds is 4. The molecule has 0 radical (unpaired) electrons. The molecular formula is C10H21NO. The normalized spacial score (nSPS) is 25.0. The van der Waals surface area contributed by atoms with Crippen molar-refractivity contribution in [3.05, 3.63) is 0 Å². The lowest BCUT2D eigenvalue weighted by molar-refractivity contribution is 0.0180. The van der Waals surface area contributed by atoms with Crippen LogP contribution in [-0.2, 0) is 0 Å². The zero-order valence-electron chi connectivity index (χ0n) is 8.51. The van der Waals surface area contributed by atoms with Gasteiger partial charge in [-0.2, -0.15) is 0 Å². The van der Waals surface area contributed by atoms with Crippen LogP contribution in [0.1, 0.15) is 33.6 Å². The third-order valence-electron chi connectivity index (χ3n) is 2.55. The SMILES string of the molecule is CCC(O)CCN1CC(C)(C)C1. The molecule has 1 aliphatic heterocycles. The summed E-state index contributed by atoms with van der Waals surface area (Å²) < 4.78 is 0. The molecule has 1 N–H and O–H groups in total. The minimum absolute atomic E-state index is 0.0892. The number of hydrogen-bond donors (Lipinski definition) is 1. The van der Waals surface area contributed by atoms with Gasteiger partial charge in [-0.1, -0.05) is 20.8 Å². The number of nitrogens with zero attached hydrogens (tertiary/aromatic N) is 1. The number of hydrogen-bond acceptors (Lipinski definition) is 2. The van der Waals surface area contributed by atoms with E-state index in [0.717, 1.165) is 19.4 Å². The van der Waals surface area contributed by atoms with E-state index < -0.39 is 0 Å². The zero-order chi connectivity index (χ0) is 9.19. The molecule has 12 heavy (non-hydrogen) atoms. The molecule has 0 aliphatic carbocycles. The number of aliphatic hydroxyl groups is 1. The van der Waals surface area contributed by atoms with Crippen LogP contribution in [0.3, 0.4) is 0 Å². The van der Waals surface area contributed by atoms with E-state index in [9.17, 15) is 5.11 Å². The maximum Gasteiger partial charge on any atom is 0.0549 e. The summed E-state index contributed by atoms with van der Waals surface area (Å²) in [6.45, 7) is 10.1. The molecule has 0 spiro atoms. The van der Waals surface area contributed by atoms with Crippen LogP contribution in [0.4, 0.5) is 0 Å². The molecule has 0 saturated carbocycles. The first-order valence-electron chi connectivity index (χ1n) is 4.94. The molecule has 0 bridgehead atoms. The van der Waals surface area contributed by atoms with Crippen LogP contribution in [0.5, 0.6) is 0 Å². The fourth-order valence-electron chi connectivity index (χ4n) is 1.86. The second kappa shape index (κ2) is 3.75. The lowest BCUT2D eigenvalue weighted by Gasteiger charge is -2.46. The summed E-state index contributed by atoms with van der Waals surface area (Å²) in [7, 11) is 0. The van der Waals surface area contributed by atoms with Crippen molar-refractivity contribution in [1.29, 1.82) is 0 Å². The molecule has 1 fully saturated rings. The van der Waals surface area contributed by atoms with E-state index in [1.165, 1.54) is 13.1 Å². The summed E-state index contributed by atoms with van der Waals surface area (Å²) in [4.78, 5) is 2.42. The average molecular weight is 171 g/mol.